The van der Waals surface area contributed by atoms with Crippen LogP contribution < -0.4 is 22.1 Å². The van der Waals surface area contributed by atoms with E-state index in [9.17, 15) is 45.6 Å². The highest BCUT2D eigenvalue weighted by Gasteiger charge is 2.58. The van der Waals surface area contributed by atoms with E-state index in [-0.39, 0.29) is 26.0 Å². The third kappa shape index (κ3) is 10.6. The Bertz CT molecular complexity index is 2200. The largest absolute Gasteiger partial charge is 0.479 e. The Hall–Kier alpha value is -5.60. The van der Waals surface area contributed by atoms with Gasteiger partial charge in [0.05, 0.1) is 11.6 Å². The minimum absolute atomic E-state index is 0.0268. The van der Waals surface area contributed by atoms with E-state index < -0.39 is 104 Å². The van der Waals surface area contributed by atoms with Gasteiger partial charge in [0.1, 0.15) is 23.5 Å². The second-order valence-electron chi connectivity index (χ2n) is 12.1. The number of aromatic nitrogens is 2. The van der Waals surface area contributed by atoms with Gasteiger partial charge in [-0.3, -0.25) is 28.3 Å². The van der Waals surface area contributed by atoms with Gasteiger partial charge in [0.25, 0.3) is 23.6 Å². The summed E-state index contributed by atoms with van der Waals surface area (Å²) in [6.45, 7) is 5.59. The molecule has 0 aliphatic carbocycles. The lowest BCUT2D eigenvalue weighted by atomic mass is 9.84. The predicted octanol–water partition coefficient (Wildman–Crippen LogP) is -2.80. The van der Waals surface area contributed by atoms with Crippen LogP contribution in [0, 0.1) is 0 Å². The highest BCUT2D eigenvalue weighted by atomic mass is 32.3. The van der Waals surface area contributed by atoms with Gasteiger partial charge in [-0.1, -0.05) is 10.3 Å². The maximum Gasteiger partial charge on any atom is 0.418 e. The van der Waals surface area contributed by atoms with Crippen molar-refractivity contribution in [1.82, 2.24) is 30.0 Å². The van der Waals surface area contributed by atoms with Crippen molar-refractivity contribution in [2.45, 2.75) is 63.9 Å². The number of nitrogens with zero attached hydrogens (tertiary/aromatic N) is 6. The first kappa shape index (κ1) is 44.8. The molecule has 2 aliphatic heterocycles. The molecule has 10 N–H and O–H groups in total. The van der Waals surface area contributed by atoms with Crippen molar-refractivity contribution < 1.29 is 78.9 Å². The number of carbonyl (C=O) groups is 6. The topological polar surface area (TPSA) is 412 Å². The molecule has 2 aliphatic rings. The molecule has 308 valence electrons. The summed E-state index contributed by atoms with van der Waals surface area (Å²) in [6.07, 6.45) is 0. The Balaban J connectivity index is 0.000000300. The number of carboxylic acid groups (broad SMARTS) is 2. The Morgan fingerprint density at radius 3 is 1.82 bits per heavy atom. The highest BCUT2D eigenvalue weighted by Crippen LogP contribution is 2.33. The van der Waals surface area contributed by atoms with E-state index in [0.29, 0.717) is 5.06 Å². The number of hydrogen-bond acceptors (Lipinski definition) is 21. The quantitative estimate of drug-likeness (QED) is 0.0388. The third-order valence-corrected chi connectivity index (χ3v) is 9.87. The van der Waals surface area contributed by atoms with E-state index in [1.165, 1.54) is 45.4 Å². The average Bonchev–Trinajstić information content (AvgIpc) is 3.69. The number of hydrogen-bond donors (Lipinski definition) is 8. The Morgan fingerprint density at radius 1 is 0.929 bits per heavy atom. The molecule has 0 spiro atoms. The number of hydroxylamine groups is 2. The second kappa shape index (κ2) is 16.6. The molecule has 27 nitrogen and oxygen atoms in total. The summed E-state index contributed by atoms with van der Waals surface area (Å²) in [5.74, 6) is -6.64. The molecule has 2 aromatic rings. The molecule has 56 heavy (non-hydrogen) atoms. The van der Waals surface area contributed by atoms with Gasteiger partial charge < -0.3 is 42.0 Å². The molecular formula is C25H32N10O17S4. The predicted molar refractivity (Wildman–Crippen MR) is 188 cm³/mol. The Labute approximate surface area is 323 Å². The van der Waals surface area contributed by atoms with E-state index in [1.54, 1.807) is 0 Å². The molecule has 0 saturated carbocycles. The number of rotatable bonds is 15. The SMILES string of the molecule is CC1(C)[C@H](NC(=O)/C(=N\OCC(=O)O)c2csc(N)n2)C(=O)N1OS(=O)(=O)O.C[C@H]1[C@H](NC(=O)/C(=N\OC(C)(C)C(=O)O)c2csc(N)n2)C(=O)N1S(=O)(=O)O. The van der Waals surface area contributed by atoms with Gasteiger partial charge in [0.15, 0.2) is 21.7 Å². The molecule has 0 unspecified atom stereocenters. The molecule has 0 radical (unpaired) electrons. The Morgan fingerprint density at radius 2 is 1.43 bits per heavy atom. The van der Waals surface area contributed by atoms with Crippen molar-refractivity contribution in [3.8, 4) is 0 Å². The zero-order valence-corrected chi connectivity index (χ0v) is 32.4. The van der Waals surface area contributed by atoms with Crippen molar-refractivity contribution in [2.24, 2.45) is 10.3 Å². The molecule has 3 atom stereocenters. The number of amides is 4. The van der Waals surface area contributed by atoms with Crippen molar-refractivity contribution in [3.63, 3.8) is 0 Å². The van der Waals surface area contributed by atoms with Crippen LogP contribution in [0.1, 0.15) is 46.0 Å². The first-order valence-corrected chi connectivity index (χ1v) is 19.4. The zero-order valence-electron chi connectivity index (χ0n) is 29.2. The average molecular weight is 873 g/mol. The summed E-state index contributed by atoms with van der Waals surface area (Å²) in [6, 6.07) is -3.56. The first-order valence-electron chi connectivity index (χ1n) is 14.9. The minimum Gasteiger partial charge on any atom is -0.479 e. The van der Waals surface area contributed by atoms with Crippen LogP contribution in [-0.4, -0.2) is 138 Å². The number of nitrogen functional groups attached to an aromatic ring is 2. The van der Waals surface area contributed by atoms with Gasteiger partial charge >= 0.3 is 32.6 Å². The minimum atomic E-state index is -4.95. The summed E-state index contributed by atoms with van der Waals surface area (Å²) in [4.78, 5) is 88.0. The molecule has 0 bridgehead atoms. The number of nitrogens with one attached hydrogen (secondary N) is 2. The van der Waals surface area contributed by atoms with Crippen LogP contribution in [0.4, 0.5) is 10.3 Å². The van der Waals surface area contributed by atoms with Crippen LogP contribution >= 0.6 is 22.7 Å². The van der Waals surface area contributed by atoms with Crippen LogP contribution in [0.3, 0.4) is 0 Å². The second-order valence-corrected chi connectivity index (χ2v) is 16.2. The zero-order chi connectivity index (χ0) is 42.7. The molecule has 2 saturated heterocycles. The molecular weight excluding hydrogens is 841 g/mol. The molecule has 2 aromatic heterocycles. The monoisotopic (exact) mass is 872 g/mol. The van der Waals surface area contributed by atoms with Crippen LogP contribution in [0.15, 0.2) is 21.1 Å². The molecule has 0 aromatic carbocycles. The van der Waals surface area contributed by atoms with Crippen molar-refractivity contribution >= 4 is 101 Å². The molecule has 4 amide bonds. The normalized spacial score (nSPS) is 19.8. The van der Waals surface area contributed by atoms with Gasteiger partial charge in [-0.15, -0.1) is 27.0 Å². The fraction of sp³-hybridized carbons (Fsp3) is 0.440. The van der Waals surface area contributed by atoms with Crippen LogP contribution in [0.2, 0.25) is 0 Å². The van der Waals surface area contributed by atoms with Crippen molar-refractivity contribution in [1.29, 1.82) is 0 Å². The van der Waals surface area contributed by atoms with Gasteiger partial charge in [-0.05, 0) is 34.6 Å². The lowest BCUT2D eigenvalue weighted by molar-refractivity contribution is -0.218. The number of thiazole rings is 2. The summed E-state index contributed by atoms with van der Waals surface area (Å²) >= 11 is 1.96. The first-order chi connectivity index (χ1) is 25.6. The maximum atomic E-state index is 12.6. The lowest BCUT2D eigenvalue weighted by Crippen LogP contribution is -2.76. The summed E-state index contributed by atoms with van der Waals surface area (Å²) in [7, 11) is -9.70. The number of oxime groups is 2. The number of carboxylic acids is 2. The molecule has 4 rings (SSSR count). The highest BCUT2D eigenvalue weighted by molar-refractivity contribution is 7.84. The third-order valence-electron chi connectivity index (χ3n) is 7.18. The summed E-state index contributed by atoms with van der Waals surface area (Å²) in [5, 5.41) is 32.5. The molecule has 31 heteroatoms. The van der Waals surface area contributed by atoms with Gasteiger partial charge in [-0.25, -0.2) is 23.9 Å². The van der Waals surface area contributed by atoms with Crippen LogP contribution in [0.25, 0.3) is 0 Å². The number of anilines is 2. The molecule has 4 heterocycles. The smallest absolute Gasteiger partial charge is 0.418 e. The lowest BCUT2D eigenvalue weighted by Gasteiger charge is -2.50. The number of carbonyl (C=O) groups excluding carboxylic acids is 4. The van der Waals surface area contributed by atoms with E-state index in [0.717, 1.165) is 22.7 Å². The van der Waals surface area contributed by atoms with Gasteiger partial charge in [0, 0.05) is 10.8 Å². The number of β-lactam (4-membered cyclic amide) rings is 2. The van der Waals surface area contributed by atoms with Crippen molar-refractivity contribution in [2.75, 3.05) is 18.1 Å². The summed E-state index contributed by atoms with van der Waals surface area (Å²) in [5.41, 5.74) is 6.93. The maximum absolute atomic E-state index is 12.6. The van der Waals surface area contributed by atoms with E-state index in [2.05, 4.69) is 40.0 Å². The fourth-order valence-electron chi connectivity index (χ4n) is 4.29. The fourth-order valence-corrected chi connectivity index (χ4v) is 6.72. The Kier molecular flexibility index (Phi) is 13.3. The standard InChI is InChI=1S/C13H17N5O8S2.C12H15N5O9S2/c1-5-7(10(20)18(5)28(23,24)25)16-9(19)8(6-4-27-12(14)15-6)17-26-13(2,3)11(21)22;1-12(2)8(10(21)17(12)26-28(22,23)24)15-9(20)7(16-25-3-6(18)19)5-4-27-11(13)14-5/h4-5,7H,1-3H3,(H2,14,15)(H,16,19)(H,21,22)(H,23,24,25);4,8H,3H2,1-2H3,(H2,13,14)(H,15,20)(H,18,19)(H,22,23,24)/b17-8-;16-7-/t5-,7-;8-/m01/s1. The summed E-state index contributed by atoms with van der Waals surface area (Å²) < 4.78 is 66.0. The van der Waals surface area contributed by atoms with Crippen LogP contribution in [-0.2, 0) is 63.4 Å². The number of nitrogens with two attached hydrogens (primary N) is 2. The van der Waals surface area contributed by atoms with E-state index in [4.69, 9.17) is 35.6 Å². The van der Waals surface area contributed by atoms with E-state index in [1.807, 2.05) is 0 Å². The van der Waals surface area contributed by atoms with E-state index >= 15 is 0 Å². The van der Waals surface area contributed by atoms with Gasteiger partial charge in [0.2, 0.25) is 12.2 Å². The van der Waals surface area contributed by atoms with Crippen molar-refractivity contribution in [3.05, 3.63) is 22.1 Å². The van der Waals surface area contributed by atoms with Crippen LogP contribution in [0.5, 0.6) is 0 Å². The number of aliphatic carboxylic acids is 2. The van der Waals surface area contributed by atoms with Gasteiger partial charge in [-0.2, -0.15) is 21.9 Å². The molecule has 2 fully saturated rings.